The monoisotopic (exact) mass is 759 g/mol. The molecular formula is C38H61N7O9. The van der Waals surface area contributed by atoms with Crippen LogP contribution in [0, 0.1) is 34.5 Å². The van der Waals surface area contributed by atoms with Gasteiger partial charge in [-0.25, -0.2) is 0 Å². The average Bonchev–Trinajstić information content (AvgIpc) is 3.47. The molecule has 9 unspecified atom stereocenters. The van der Waals surface area contributed by atoms with Crippen LogP contribution in [0.25, 0.3) is 0 Å². The van der Waals surface area contributed by atoms with Gasteiger partial charge in [-0.3, -0.25) is 38.4 Å². The molecule has 0 aliphatic carbocycles. The fraction of sp³-hybridized carbons (Fsp3) is 0.763. The number of ketones is 2. The summed E-state index contributed by atoms with van der Waals surface area (Å²) >= 11 is 0. The minimum absolute atomic E-state index is 0.0274. The standard InChI is InChI=1S/C38H61N7O9/c1-11-20(3)22(5)29-34(52)44-31-35(53)40-15-27(48)41-23(6)32(50)39-16-28(49)42-30(37(7,8)18-38(31,9)10)26(47)14-24(13-21(4)46)36(54)45-17-19(2)12-25(45)33(51)43-29/h19-20,22-25,29-31H,11-18H2,1-10H3,(H,39,50)(H,40,53)(H,41,48)(H,42,49)(H,43,51)(H,44,52). The SMILES string of the molecule is CCC(C)C(C)C1NC(=O)C2CC(C)CN2C(=O)C(CC(C)=O)CC(=O)C2NC(=O)CNC(=O)C(C)NC(=O)CNC(=O)C(NC1=O)C(C)(C)CC2(C)C. The second-order valence-corrected chi connectivity index (χ2v) is 17.2. The lowest BCUT2D eigenvalue weighted by Crippen LogP contribution is -2.63. The molecule has 0 spiro atoms. The van der Waals surface area contributed by atoms with E-state index in [9.17, 15) is 43.2 Å². The molecule has 3 aliphatic rings. The molecule has 302 valence electrons. The van der Waals surface area contributed by atoms with Crippen LogP contribution in [0.4, 0.5) is 0 Å². The van der Waals surface area contributed by atoms with E-state index in [4.69, 9.17) is 0 Å². The van der Waals surface area contributed by atoms with Crippen molar-refractivity contribution in [3.05, 3.63) is 0 Å². The maximum absolute atomic E-state index is 14.4. The fourth-order valence-electron chi connectivity index (χ4n) is 8.21. The van der Waals surface area contributed by atoms with Crippen LogP contribution < -0.4 is 31.9 Å². The number of Topliss-reactive ketones (excluding diaryl/α,β-unsaturated/α-hetero) is 2. The lowest BCUT2D eigenvalue weighted by Gasteiger charge is -2.44. The first-order chi connectivity index (χ1) is 25.0. The van der Waals surface area contributed by atoms with Crippen molar-refractivity contribution in [1.29, 1.82) is 0 Å². The van der Waals surface area contributed by atoms with Gasteiger partial charge in [0.15, 0.2) is 5.78 Å². The van der Waals surface area contributed by atoms with Gasteiger partial charge in [0, 0.05) is 19.4 Å². The zero-order valence-electron chi connectivity index (χ0n) is 33.5. The van der Waals surface area contributed by atoms with Crippen LogP contribution in [-0.4, -0.2) is 108 Å². The first-order valence-corrected chi connectivity index (χ1v) is 19.1. The minimum atomic E-state index is -1.32. The van der Waals surface area contributed by atoms with Crippen molar-refractivity contribution in [3.8, 4) is 0 Å². The predicted molar refractivity (Wildman–Crippen MR) is 198 cm³/mol. The van der Waals surface area contributed by atoms with Crippen molar-refractivity contribution in [3.63, 3.8) is 0 Å². The third kappa shape index (κ3) is 10.9. The topological polar surface area (TPSA) is 229 Å². The van der Waals surface area contributed by atoms with Gasteiger partial charge in [0.05, 0.1) is 25.0 Å². The minimum Gasteiger partial charge on any atom is -0.345 e. The number of amides is 7. The molecule has 0 radical (unpaired) electrons. The highest BCUT2D eigenvalue weighted by Gasteiger charge is 2.49. The molecule has 0 aromatic carbocycles. The van der Waals surface area contributed by atoms with Gasteiger partial charge in [0.25, 0.3) is 0 Å². The second kappa shape index (κ2) is 17.8. The average molecular weight is 760 g/mol. The van der Waals surface area contributed by atoms with Gasteiger partial charge in [0.2, 0.25) is 41.4 Å². The molecule has 3 rings (SSSR count). The van der Waals surface area contributed by atoms with Gasteiger partial charge in [-0.1, -0.05) is 61.8 Å². The van der Waals surface area contributed by atoms with Crippen LogP contribution in [0.2, 0.25) is 0 Å². The third-order valence-electron chi connectivity index (χ3n) is 11.3. The summed E-state index contributed by atoms with van der Waals surface area (Å²) in [6.07, 6.45) is 0.264. The summed E-state index contributed by atoms with van der Waals surface area (Å²) in [6, 6.07) is -5.82. The van der Waals surface area contributed by atoms with Crippen molar-refractivity contribution >= 4 is 52.9 Å². The number of nitrogens with one attached hydrogen (secondary N) is 6. The van der Waals surface area contributed by atoms with E-state index in [1.54, 1.807) is 27.7 Å². The van der Waals surface area contributed by atoms with E-state index in [1.165, 1.54) is 18.7 Å². The van der Waals surface area contributed by atoms with E-state index < -0.39 is 120 Å². The highest BCUT2D eigenvalue weighted by molar-refractivity contribution is 5.99. The van der Waals surface area contributed by atoms with E-state index in [2.05, 4.69) is 31.9 Å². The van der Waals surface area contributed by atoms with E-state index in [-0.39, 0.29) is 43.4 Å². The molecule has 3 saturated heterocycles. The summed E-state index contributed by atoms with van der Waals surface area (Å²) in [7, 11) is 0. The van der Waals surface area contributed by atoms with E-state index >= 15 is 0 Å². The molecule has 0 aromatic heterocycles. The van der Waals surface area contributed by atoms with Crippen LogP contribution in [0.5, 0.6) is 0 Å². The molecular weight excluding hydrogens is 698 g/mol. The highest BCUT2D eigenvalue weighted by atomic mass is 16.2. The summed E-state index contributed by atoms with van der Waals surface area (Å²) in [5.74, 6) is -7.25. The molecule has 6 N–H and O–H groups in total. The van der Waals surface area contributed by atoms with Gasteiger partial charge in [0.1, 0.15) is 30.0 Å². The molecule has 7 amide bonds. The van der Waals surface area contributed by atoms with Crippen LogP contribution in [0.1, 0.15) is 101 Å². The Labute approximate surface area is 318 Å². The van der Waals surface area contributed by atoms with Crippen molar-refractivity contribution in [2.24, 2.45) is 34.5 Å². The Morgan fingerprint density at radius 2 is 1.35 bits per heavy atom. The Hall–Kier alpha value is -4.37. The van der Waals surface area contributed by atoms with E-state index in [0.717, 1.165) is 0 Å². The molecule has 54 heavy (non-hydrogen) atoms. The molecule has 3 fully saturated rings. The number of hydrogen-bond acceptors (Lipinski definition) is 9. The Morgan fingerprint density at radius 1 is 0.778 bits per heavy atom. The zero-order chi connectivity index (χ0) is 40.9. The molecule has 3 aliphatic heterocycles. The lowest BCUT2D eigenvalue weighted by atomic mass is 9.66. The number of nitrogens with zero attached hydrogens (tertiary/aromatic N) is 1. The van der Waals surface area contributed by atoms with Crippen LogP contribution >= 0.6 is 0 Å². The maximum Gasteiger partial charge on any atom is 0.243 e. The molecule has 3 heterocycles. The van der Waals surface area contributed by atoms with Crippen molar-refractivity contribution < 1.29 is 43.2 Å². The summed E-state index contributed by atoms with van der Waals surface area (Å²) < 4.78 is 0. The maximum atomic E-state index is 14.4. The Morgan fingerprint density at radius 3 is 1.94 bits per heavy atom. The first kappa shape index (κ1) is 44.0. The number of carbonyl (C=O) groups excluding carboxylic acids is 9. The highest BCUT2D eigenvalue weighted by Crippen LogP contribution is 2.40. The quantitative estimate of drug-likeness (QED) is 0.223. The molecule has 16 heteroatoms. The predicted octanol–water partition coefficient (Wildman–Crippen LogP) is 0.121. The largest absolute Gasteiger partial charge is 0.345 e. The zero-order valence-corrected chi connectivity index (χ0v) is 33.5. The number of hydrogen-bond donors (Lipinski definition) is 6. The number of rotatable bonds is 5. The smallest absolute Gasteiger partial charge is 0.243 e. The van der Waals surface area contributed by atoms with E-state index in [1.807, 2.05) is 27.7 Å². The first-order valence-electron chi connectivity index (χ1n) is 19.1. The van der Waals surface area contributed by atoms with Crippen molar-refractivity contribution in [1.82, 2.24) is 36.8 Å². The van der Waals surface area contributed by atoms with Crippen LogP contribution in [-0.2, 0) is 43.2 Å². The van der Waals surface area contributed by atoms with Gasteiger partial charge >= 0.3 is 0 Å². The van der Waals surface area contributed by atoms with Gasteiger partial charge in [-0.05, 0) is 55.3 Å². The van der Waals surface area contributed by atoms with E-state index in [0.29, 0.717) is 6.42 Å². The van der Waals surface area contributed by atoms with Crippen molar-refractivity contribution in [2.75, 3.05) is 19.6 Å². The van der Waals surface area contributed by atoms with Gasteiger partial charge in [-0.15, -0.1) is 0 Å². The second-order valence-electron chi connectivity index (χ2n) is 17.2. The number of fused-ring (bicyclic) bond motifs is 5. The van der Waals surface area contributed by atoms with Crippen LogP contribution in [0.3, 0.4) is 0 Å². The summed E-state index contributed by atoms with van der Waals surface area (Å²) in [5.41, 5.74) is -2.33. The molecule has 9 atom stereocenters. The normalized spacial score (nSPS) is 31.7. The Bertz CT molecular complexity index is 1510. The lowest BCUT2D eigenvalue weighted by molar-refractivity contribution is -0.146. The molecule has 16 nitrogen and oxygen atoms in total. The van der Waals surface area contributed by atoms with Crippen molar-refractivity contribution in [2.45, 2.75) is 132 Å². The fourth-order valence-corrected chi connectivity index (χ4v) is 8.21. The molecule has 0 saturated carbocycles. The summed E-state index contributed by atoms with van der Waals surface area (Å²) in [6.45, 7) is 16.3. The molecule has 0 aromatic rings. The van der Waals surface area contributed by atoms with Gasteiger partial charge in [-0.2, -0.15) is 0 Å². The Kier molecular flexibility index (Phi) is 14.5. The number of carbonyl (C=O) groups is 9. The molecule has 2 bridgehead atoms. The summed E-state index contributed by atoms with van der Waals surface area (Å²) in [4.78, 5) is 124. The van der Waals surface area contributed by atoms with Gasteiger partial charge < -0.3 is 41.6 Å². The Balaban J connectivity index is 2.29. The van der Waals surface area contributed by atoms with Crippen LogP contribution in [0.15, 0.2) is 0 Å². The third-order valence-corrected chi connectivity index (χ3v) is 11.3. The summed E-state index contributed by atoms with van der Waals surface area (Å²) in [5, 5.41) is 16.0.